The van der Waals surface area contributed by atoms with E-state index in [1.807, 2.05) is 0 Å². The van der Waals surface area contributed by atoms with Gasteiger partial charge in [-0.15, -0.1) is 0 Å². The standard InChI is InChI=1S/C7H5BrF2/c1-4-2-3-5(9)7(10)6(4)8/h2-3H,1H3. The first-order valence-electron chi connectivity index (χ1n) is 2.73. The van der Waals surface area contributed by atoms with Crippen LogP contribution in [-0.4, -0.2) is 0 Å². The van der Waals surface area contributed by atoms with E-state index in [9.17, 15) is 8.78 Å². The van der Waals surface area contributed by atoms with Gasteiger partial charge in [0, 0.05) is 0 Å². The lowest BCUT2D eigenvalue weighted by molar-refractivity contribution is 0.503. The molecule has 0 saturated heterocycles. The largest absolute Gasteiger partial charge is 0.204 e. The summed E-state index contributed by atoms with van der Waals surface area (Å²) in [6.45, 7) is 1.70. The van der Waals surface area contributed by atoms with Crippen molar-refractivity contribution in [3.05, 3.63) is 33.8 Å². The smallest absolute Gasteiger partial charge is 0.173 e. The van der Waals surface area contributed by atoms with Crippen LogP contribution in [0.5, 0.6) is 0 Å². The Balaban J connectivity index is 3.34. The van der Waals surface area contributed by atoms with Gasteiger partial charge >= 0.3 is 0 Å². The predicted molar refractivity (Wildman–Crippen MR) is 38.8 cm³/mol. The quantitative estimate of drug-likeness (QED) is 0.573. The molecule has 1 aromatic carbocycles. The van der Waals surface area contributed by atoms with Crippen molar-refractivity contribution in [2.24, 2.45) is 0 Å². The maximum Gasteiger partial charge on any atom is 0.173 e. The van der Waals surface area contributed by atoms with Gasteiger partial charge in [-0.2, -0.15) is 0 Å². The van der Waals surface area contributed by atoms with E-state index in [0.29, 0.717) is 5.56 Å². The summed E-state index contributed by atoms with van der Waals surface area (Å²) in [5.41, 5.74) is 0.693. The monoisotopic (exact) mass is 206 g/mol. The van der Waals surface area contributed by atoms with Gasteiger partial charge in [0.15, 0.2) is 11.6 Å². The Labute approximate surface area is 66.0 Å². The average molecular weight is 207 g/mol. The maximum absolute atomic E-state index is 12.6. The van der Waals surface area contributed by atoms with E-state index in [0.717, 1.165) is 6.07 Å². The van der Waals surface area contributed by atoms with Gasteiger partial charge in [0.2, 0.25) is 0 Å². The van der Waals surface area contributed by atoms with Crippen molar-refractivity contribution < 1.29 is 8.78 Å². The summed E-state index contributed by atoms with van der Waals surface area (Å²) < 4.78 is 25.1. The Hall–Kier alpha value is -0.440. The lowest BCUT2D eigenvalue weighted by atomic mass is 10.2. The minimum atomic E-state index is -0.822. The zero-order valence-electron chi connectivity index (χ0n) is 5.29. The molecule has 10 heavy (non-hydrogen) atoms. The fourth-order valence-electron chi connectivity index (χ4n) is 0.622. The molecule has 0 aromatic heterocycles. The van der Waals surface area contributed by atoms with Crippen LogP contribution in [0.25, 0.3) is 0 Å². The van der Waals surface area contributed by atoms with Gasteiger partial charge in [-0.3, -0.25) is 0 Å². The Kier molecular flexibility index (Phi) is 2.04. The Bertz CT molecular complexity index is 231. The molecule has 0 spiro atoms. The highest BCUT2D eigenvalue weighted by atomic mass is 79.9. The van der Waals surface area contributed by atoms with Crippen LogP contribution in [-0.2, 0) is 0 Å². The van der Waals surface area contributed by atoms with Gasteiger partial charge in [0.05, 0.1) is 4.47 Å². The van der Waals surface area contributed by atoms with E-state index in [1.165, 1.54) is 6.07 Å². The first-order valence-corrected chi connectivity index (χ1v) is 3.52. The molecule has 0 saturated carbocycles. The molecule has 1 rings (SSSR count). The molecule has 0 bridgehead atoms. The molecule has 0 aliphatic carbocycles. The summed E-state index contributed by atoms with van der Waals surface area (Å²) in [4.78, 5) is 0. The molecule has 0 radical (unpaired) electrons. The van der Waals surface area contributed by atoms with Crippen LogP contribution >= 0.6 is 15.9 Å². The van der Waals surface area contributed by atoms with Crippen molar-refractivity contribution in [3.63, 3.8) is 0 Å². The van der Waals surface area contributed by atoms with E-state index in [1.54, 1.807) is 6.92 Å². The number of rotatable bonds is 0. The van der Waals surface area contributed by atoms with Crippen LogP contribution in [0.4, 0.5) is 8.78 Å². The molecule has 0 N–H and O–H groups in total. The summed E-state index contributed by atoms with van der Waals surface area (Å²) in [6.07, 6.45) is 0. The Morgan fingerprint density at radius 3 is 2.40 bits per heavy atom. The van der Waals surface area contributed by atoms with Crippen molar-refractivity contribution >= 4 is 15.9 Å². The minimum Gasteiger partial charge on any atom is -0.204 e. The highest BCUT2D eigenvalue weighted by Gasteiger charge is 2.06. The predicted octanol–water partition coefficient (Wildman–Crippen LogP) is 3.04. The molecular weight excluding hydrogens is 202 g/mol. The lowest BCUT2D eigenvalue weighted by Crippen LogP contribution is -1.87. The number of hydrogen-bond donors (Lipinski definition) is 0. The van der Waals surface area contributed by atoms with Crippen LogP contribution < -0.4 is 0 Å². The van der Waals surface area contributed by atoms with Crippen molar-refractivity contribution in [2.75, 3.05) is 0 Å². The number of hydrogen-bond acceptors (Lipinski definition) is 0. The molecule has 0 aliphatic heterocycles. The summed E-state index contributed by atoms with van der Waals surface area (Å²) in [5.74, 6) is -1.64. The van der Waals surface area contributed by atoms with Crippen molar-refractivity contribution in [1.82, 2.24) is 0 Å². The molecule has 0 fully saturated rings. The van der Waals surface area contributed by atoms with E-state index in [-0.39, 0.29) is 4.47 Å². The zero-order valence-corrected chi connectivity index (χ0v) is 6.87. The maximum atomic E-state index is 12.6. The fraction of sp³-hybridized carbons (Fsp3) is 0.143. The third-order valence-corrected chi connectivity index (χ3v) is 2.20. The van der Waals surface area contributed by atoms with Gasteiger partial charge in [-0.25, -0.2) is 8.78 Å². The normalized spacial score (nSPS) is 10.0. The molecule has 54 valence electrons. The van der Waals surface area contributed by atoms with Crippen LogP contribution in [0.15, 0.2) is 16.6 Å². The highest BCUT2D eigenvalue weighted by molar-refractivity contribution is 9.10. The summed E-state index contributed by atoms with van der Waals surface area (Å²) in [6, 6.07) is 2.62. The second-order valence-corrected chi connectivity index (χ2v) is 2.79. The SMILES string of the molecule is Cc1ccc(F)c(F)c1Br. The van der Waals surface area contributed by atoms with E-state index in [2.05, 4.69) is 15.9 Å². The summed E-state index contributed by atoms with van der Waals surface area (Å²) in [5, 5.41) is 0. The highest BCUT2D eigenvalue weighted by Crippen LogP contribution is 2.21. The molecule has 0 heterocycles. The van der Waals surface area contributed by atoms with Gasteiger partial charge in [0.1, 0.15) is 0 Å². The molecule has 0 nitrogen and oxygen atoms in total. The number of benzene rings is 1. The number of halogens is 3. The molecule has 0 amide bonds. The Morgan fingerprint density at radius 2 is 1.90 bits per heavy atom. The fourth-order valence-corrected chi connectivity index (χ4v) is 0.944. The van der Waals surface area contributed by atoms with Crippen LogP contribution in [0.3, 0.4) is 0 Å². The summed E-state index contributed by atoms with van der Waals surface area (Å²) >= 11 is 2.91. The molecule has 0 aliphatic rings. The number of aryl methyl sites for hydroxylation is 1. The molecule has 0 unspecified atom stereocenters. The molecule has 1 aromatic rings. The summed E-state index contributed by atoms with van der Waals surface area (Å²) in [7, 11) is 0. The first-order chi connectivity index (χ1) is 4.63. The third-order valence-electron chi connectivity index (χ3n) is 1.23. The topological polar surface area (TPSA) is 0 Å². The van der Waals surface area contributed by atoms with Crippen molar-refractivity contribution in [2.45, 2.75) is 6.92 Å². The van der Waals surface area contributed by atoms with Crippen LogP contribution in [0, 0.1) is 18.6 Å². The van der Waals surface area contributed by atoms with E-state index < -0.39 is 11.6 Å². The Morgan fingerprint density at radius 1 is 1.30 bits per heavy atom. The van der Waals surface area contributed by atoms with E-state index in [4.69, 9.17) is 0 Å². The van der Waals surface area contributed by atoms with Gasteiger partial charge in [-0.05, 0) is 34.5 Å². The average Bonchev–Trinajstić information content (AvgIpc) is 1.93. The zero-order chi connectivity index (χ0) is 7.72. The third kappa shape index (κ3) is 1.19. The second-order valence-electron chi connectivity index (χ2n) is 1.99. The van der Waals surface area contributed by atoms with Crippen LogP contribution in [0.1, 0.15) is 5.56 Å². The van der Waals surface area contributed by atoms with E-state index >= 15 is 0 Å². The molecule has 0 atom stereocenters. The lowest BCUT2D eigenvalue weighted by Gasteiger charge is -1.98. The minimum absolute atomic E-state index is 0.201. The van der Waals surface area contributed by atoms with Crippen molar-refractivity contribution in [3.8, 4) is 0 Å². The van der Waals surface area contributed by atoms with Crippen LogP contribution in [0.2, 0.25) is 0 Å². The second kappa shape index (κ2) is 2.66. The van der Waals surface area contributed by atoms with Gasteiger partial charge in [-0.1, -0.05) is 6.07 Å². The first kappa shape index (κ1) is 7.66. The van der Waals surface area contributed by atoms with Gasteiger partial charge < -0.3 is 0 Å². The molecule has 3 heteroatoms. The van der Waals surface area contributed by atoms with Crippen molar-refractivity contribution in [1.29, 1.82) is 0 Å². The van der Waals surface area contributed by atoms with Gasteiger partial charge in [0.25, 0.3) is 0 Å². The molecular formula is C7H5BrF2.